The van der Waals surface area contributed by atoms with Crippen LogP contribution in [0, 0.1) is 12.3 Å². The number of likely N-dealkylation sites (N-methyl/N-ethyl adjacent to an activating group) is 1. The molecule has 0 saturated heterocycles. The molecule has 0 radical (unpaired) electrons. The molecule has 1 heteroatoms. The summed E-state index contributed by atoms with van der Waals surface area (Å²) in [6.45, 7) is 0. The van der Waals surface area contributed by atoms with E-state index in [0.717, 1.165) is 6.42 Å². The second-order valence-electron chi connectivity index (χ2n) is 4.27. The summed E-state index contributed by atoms with van der Waals surface area (Å²) < 4.78 is 0. The summed E-state index contributed by atoms with van der Waals surface area (Å²) in [6, 6.07) is 11.1. The molecule has 1 saturated carbocycles. The van der Waals surface area contributed by atoms with Crippen molar-refractivity contribution in [2.75, 3.05) is 7.05 Å². The van der Waals surface area contributed by atoms with E-state index in [2.05, 4.69) is 41.6 Å². The van der Waals surface area contributed by atoms with Gasteiger partial charge < -0.3 is 5.32 Å². The Morgan fingerprint density at radius 2 is 2.07 bits per heavy atom. The van der Waals surface area contributed by atoms with Crippen molar-refractivity contribution in [2.24, 2.45) is 0 Å². The van der Waals surface area contributed by atoms with Crippen molar-refractivity contribution in [1.82, 2.24) is 5.32 Å². The van der Waals surface area contributed by atoms with Crippen LogP contribution in [0.4, 0.5) is 0 Å². The van der Waals surface area contributed by atoms with E-state index < -0.39 is 0 Å². The first-order valence-corrected chi connectivity index (χ1v) is 5.50. The molecule has 1 nitrogen and oxygen atoms in total. The molecule has 2 rings (SSSR count). The molecule has 0 heterocycles. The lowest BCUT2D eigenvalue weighted by Gasteiger charge is -2.25. The smallest absolute Gasteiger partial charge is 0.0270 e. The number of hydrogen-bond acceptors (Lipinski definition) is 1. The topological polar surface area (TPSA) is 12.0 Å². The zero-order chi connectivity index (χ0) is 10.7. The van der Waals surface area contributed by atoms with Gasteiger partial charge in [0.2, 0.25) is 0 Å². The molecule has 0 bridgehead atoms. The molecule has 0 aliphatic heterocycles. The van der Waals surface area contributed by atoms with Gasteiger partial charge in [0, 0.05) is 17.9 Å². The van der Waals surface area contributed by atoms with Gasteiger partial charge in [0.05, 0.1) is 0 Å². The Morgan fingerprint density at radius 1 is 1.40 bits per heavy atom. The lowest BCUT2D eigenvalue weighted by Crippen LogP contribution is -2.37. The second-order valence-corrected chi connectivity index (χ2v) is 4.27. The first-order valence-electron chi connectivity index (χ1n) is 5.50. The molecular formula is C14H17N. The highest BCUT2D eigenvalue weighted by Crippen LogP contribution is 2.51. The van der Waals surface area contributed by atoms with E-state index >= 15 is 0 Å². The fourth-order valence-corrected chi connectivity index (χ4v) is 2.43. The van der Waals surface area contributed by atoms with Gasteiger partial charge in [-0.2, -0.15) is 0 Å². The number of nitrogens with one attached hydrogen (secondary N) is 1. The van der Waals surface area contributed by atoms with Crippen molar-refractivity contribution < 1.29 is 0 Å². The minimum atomic E-state index is 0.308. The van der Waals surface area contributed by atoms with E-state index in [1.165, 1.54) is 18.4 Å². The molecule has 1 unspecified atom stereocenters. The quantitative estimate of drug-likeness (QED) is 0.734. The first kappa shape index (κ1) is 10.3. The lowest BCUT2D eigenvalue weighted by molar-refractivity contribution is 0.454. The van der Waals surface area contributed by atoms with Crippen LogP contribution in [0.5, 0.6) is 0 Å². The lowest BCUT2D eigenvalue weighted by atomic mass is 9.86. The van der Waals surface area contributed by atoms with Gasteiger partial charge >= 0.3 is 0 Å². The van der Waals surface area contributed by atoms with Crippen LogP contribution in [0.3, 0.4) is 0 Å². The fraction of sp³-hybridized carbons (Fsp3) is 0.429. The van der Waals surface area contributed by atoms with E-state index in [9.17, 15) is 0 Å². The summed E-state index contributed by atoms with van der Waals surface area (Å²) in [7, 11) is 2.00. The number of hydrogen-bond donors (Lipinski definition) is 1. The van der Waals surface area contributed by atoms with Crippen LogP contribution in [0.1, 0.15) is 24.8 Å². The summed E-state index contributed by atoms with van der Waals surface area (Å²) >= 11 is 0. The van der Waals surface area contributed by atoms with Crippen LogP contribution in [0.2, 0.25) is 0 Å². The van der Waals surface area contributed by atoms with Crippen molar-refractivity contribution in [3.05, 3.63) is 35.9 Å². The standard InChI is InChI=1S/C14H17N/c1-3-7-13(15-2)14(10-11-14)12-8-5-4-6-9-12/h1,4-6,8-9,13,15H,7,10-11H2,2H3. The average molecular weight is 199 g/mol. The largest absolute Gasteiger partial charge is 0.315 e. The third-order valence-corrected chi connectivity index (χ3v) is 3.47. The maximum absolute atomic E-state index is 5.42. The molecule has 1 aliphatic rings. The van der Waals surface area contributed by atoms with Crippen LogP contribution < -0.4 is 5.32 Å². The van der Waals surface area contributed by atoms with Gasteiger partial charge in [0.25, 0.3) is 0 Å². The van der Waals surface area contributed by atoms with E-state index in [1.807, 2.05) is 7.05 Å². The highest BCUT2D eigenvalue weighted by molar-refractivity contribution is 5.34. The highest BCUT2D eigenvalue weighted by atomic mass is 14.9. The summed E-state index contributed by atoms with van der Waals surface area (Å²) in [5, 5.41) is 3.36. The van der Waals surface area contributed by atoms with Crippen molar-refractivity contribution >= 4 is 0 Å². The van der Waals surface area contributed by atoms with Gasteiger partial charge in [-0.3, -0.25) is 0 Å². The normalized spacial score (nSPS) is 19.2. The molecule has 0 amide bonds. The van der Waals surface area contributed by atoms with Crippen molar-refractivity contribution in [1.29, 1.82) is 0 Å². The fourth-order valence-electron chi connectivity index (χ4n) is 2.43. The van der Waals surface area contributed by atoms with Crippen molar-refractivity contribution in [2.45, 2.75) is 30.7 Å². The molecule has 0 spiro atoms. The van der Waals surface area contributed by atoms with Crippen LogP contribution in [-0.4, -0.2) is 13.1 Å². The van der Waals surface area contributed by atoms with E-state index in [-0.39, 0.29) is 0 Å². The number of rotatable bonds is 4. The predicted molar refractivity (Wildman–Crippen MR) is 63.7 cm³/mol. The molecule has 0 aromatic heterocycles. The van der Waals surface area contributed by atoms with Gasteiger partial charge in [-0.05, 0) is 25.5 Å². The molecule has 15 heavy (non-hydrogen) atoms. The molecule has 1 aromatic carbocycles. The summed E-state index contributed by atoms with van der Waals surface area (Å²) in [5.74, 6) is 2.77. The Balaban J connectivity index is 2.24. The summed E-state index contributed by atoms with van der Waals surface area (Å²) in [6.07, 6.45) is 8.74. The molecule has 1 aromatic rings. The molecule has 1 fully saturated rings. The summed E-state index contributed by atoms with van der Waals surface area (Å²) in [5.41, 5.74) is 1.74. The van der Waals surface area contributed by atoms with Gasteiger partial charge in [0.1, 0.15) is 0 Å². The zero-order valence-electron chi connectivity index (χ0n) is 9.16. The Labute approximate surface area is 91.9 Å². The van der Waals surface area contributed by atoms with Crippen LogP contribution >= 0.6 is 0 Å². The van der Waals surface area contributed by atoms with Gasteiger partial charge in [0.15, 0.2) is 0 Å². The highest BCUT2D eigenvalue weighted by Gasteiger charge is 2.49. The average Bonchev–Trinajstić information content (AvgIpc) is 3.08. The van der Waals surface area contributed by atoms with Crippen LogP contribution in [0.25, 0.3) is 0 Å². The number of benzene rings is 1. The first-order chi connectivity index (χ1) is 7.33. The molecule has 1 N–H and O–H groups in total. The molecule has 78 valence electrons. The minimum absolute atomic E-state index is 0.308. The Bertz CT molecular complexity index is 357. The minimum Gasteiger partial charge on any atom is -0.315 e. The third kappa shape index (κ3) is 1.78. The van der Waals surface area contributed by atoms with Crippen LogP contribution in [0.15, 0.2) is 30.3 Å². The van der Waals surface area contributed by atoms with Gasteiger partial charge in [-0.1, -0.05) is 30.3 Å². The zero-order valence-corrected chi connectivity index (χ0v) is 9.16. The Hall–Kier alpha value is -1.26. The van der Waals surface area contributed by atoms with Gasteiger partial charge in [-0.25, -0.2) is 0 Å². The van der Waals surface area contributed by atoms with Crippen molar-refractivity contribution in [3.8, 4) is 12.3 Å². The third-order valence-electron chi connectivity index (χ3n) is 3.47. The molecule has 1 aliphatic carbocycles. The van der Waals surface area contributed by atoms with E-state index in [1.54, 1.807) is 0 Å². The van der Waals surface area contributed by atoms with E-state index in [4.69, 9.17) is 6.42 Å². The van der Waals surface area contributed by atoms with Gasteiger partial charge in [-0.15, -0.1) is 12.3 Å². The van der Waals surface area contributed by atoms with Crippen molar-refractivity contribution in [3.63, 3.8) is 0 Å². The summed E-state index contributed by atoms with van der Waals surface area (Å²) in [4.78, 5) is 0. The molecular weight excluding hydrogens is 182 g/mol. The second kappa shape index (κ2) is 4.08. The molecule has 1 atom stereocenters. The predicted octanol–water partition coefficient (Wildman–Crippen LogP) is 2.33. The van der Waals surface area contributed by atoms with Crippen LogP contribution in [-0.2, 0) is 5.41 Å². The Kier molecular flexibility index (Phi) is 2.79. The maximum Gasteiger partial charge on any atom is 0.0270 e. The Morgan fingerprint density at radius 3 is 2.53 bits per heavy atom. The number of terminal acetylenes is 1. The van der Waals surface area contributed by atoms with E-state index in [0.29, 0.717) is 11.5 Å². The maximum atomic E-state index is 5.42. The SMILES string of the molecule is C#CCC(NC)C1(c2ccccc2)CC1. The monoisotopic (exact) mass is 199 g/mol.